The molecule has 1 aromatic rings. The van der Waals surface area contributed by atoms with E-state index in [0.29, 0.717) is 36.8 Å². The molecule has 0 spiro atoms. The molecule has 0 bridgehead atoms. The van der Waals surface area contributed by atoms with E-state index in [2.05, 4.69) is 0 Å². The molecule has 0 unspecified atom stereocenters. The average Bonchev–Trinajstić information content (AvgIpc) is 3.45. The number of nitrogens with zero attached hydrogens (tertiary/aromatic N) is 3. The van der Waals surface area contributed by atoms with Gasteiger partial charge in [-0.1, -0.05) is 18.9 Å². The van der Waals surface area contributed by atoms with Crippen molar-refractivity contribution < 1.29 is 21.6 Å². The second kappa shape index (κ2) is 8.85. The predicted octanol–water partition coefficient (Wildman–Crippen LogP) is 1.01. The monoisotopic (exact) mass is 475 g/mol. The van der Waals surface area contributed by atoms with Crippen molar-refractivity contribution in [3.63, 3.8) is 0 Å². The summed E-state index contributed by atoms with van der Waals surface area (Å²) in [7, 11) is -6.52. The van der Waals surface area contributed by atoms with Gasteiger partial charge in [0.05, 0.1) is 18.1 Å². The molecule has 3 fully saturated rings. The van der Waals surface area contributed by atoms with Gasteiger partial charge >= 0.3 is 0 Å². The summed E-state index contributed by atoms with van der Waals surface area (Å²) < 4.78 is 51.2. The van der Waals surface area contributed by atoms with Gasteiger partial charge in [-0.15, -0.1) is 11.3 Å². The van der Waals surface area contributed by atoms with Gasteiger partial charge < -0.3 is 4.90 Å². The van der Waals surface area contributed by atoms with Gasteiger partial charge in [0.25, 0.3) is 10.0 Å². The summed E-state index contributed by atoms with van der Waals surface area (Å²) in [6.07, 6.45) is 4.56. The fraction of sp³-hybridized carbons (Fsp3) is 0.737. The molecule has 1 atom stereocenters. The van der Waals surface area contributed by atoms with Gasteiger partial charge in [0.1, 0.15) is 4.21 Å². The number of hydrogen-bond acceptors (Lipinski definition) is 7. The summed E-state index contributed by atoms with van der Waals surface area (Å²) >= 11 is 1.21. The smallest absolute Gasteiger partial charge is 0.252 e. The Kier molecular flexibility index (Phi) is 6.55. The van der Waals surface area contributed by atoms with E-state index in [1.165, 1.54) is 15.6 Å². The van der Waals surface area contributed by atoms with Crippen LogP contribution in [-0.4, -0.2) is 93.2 Å². The molecule has 2 aliphatic heterocycles. The lowest BCUT2D eigenvalue weighted by atomic mass is 10.1. The van der Waals surface area contributed by atoms with Gasteiger partial charge in [0.15, 0.2) is 9.84 Å². The van der Waals surface area contributed by atoms with Crippen LogP contribution in [0.4, 0.5) is 0 Å². The largest absolute Gasteiger partial charge is 0.335 e. The number of thiophene rings is 1. The van der Waals surface area contributed by atoms with E-state index in [1.807, 2.05) is 9.80 Å². The molecule has 3 heterocycles. The van der Waals surface area contributed by atoms with Crippen LogP contribution in [0.2, 0.25) is 0 Å². The zero-order valence-electron chi connectivity index (χ0n) is 17.0. The lowest BCUT2D eigenvalue weighted by Crippen LogP contribution is -2.54. The topological polar surface area (TPSA) is 95.1 Å². The molecule has 30 heavy (non-hydrogen) atoms. The summed E-state index contributed by atoms with van der Waals surface area (Å²) in [6, 6.07) is 3.26. The number of carbonyl (C=O) groups is 1. The molecule has 1 amide bonds. The summed E-state index contributed by atoms with van der Waals surface area (Å²) in [6.45, 7) is 1.93. The van der Waals surface area contributed by atoms with Gasteiger partial charge in [-0.3, -0.25) is 9.69 Å². The number of sulfone groups is 1. The van der Waals surface area contributed by atoms with Gasteiger partial charge in [0, 0.05) is 38.3 Å². The molecule has 1 saturated carbocycles. The highest BCUT2D eigenvalue weighted by Crippen LogP contribution is 2.29. The molecule has 0 N–H and O–H groups in total. The minimum atomic E-state index is -3.46. The van der Waals surface area contributed by atoms with Crippen molar-refractivity contribution in [1.29, 1.82) is 0 Å². The minimum Gasteiger partial charge on any atom is -0.335 e. The van der Waals surface area contributed by atoms with Crippen LogP contribution in [0.25, 0.3) is 0 Å². The van der Waals surface area contributed by atoms with E-state index >= 15 is 0 Å². The van der Waals surface area contributed by atoms with Crippen LogP contribution in [0.15, 0.2) is 21.7 Å². The molecule has 0 aromatic carbocycles. The normalized spacial score (nSPS) is 26.2. The summed E-state index contributed by atoms with van der Waals surface area (Å²) in [5.74, 6) is 0.216. The molecule has 168 valence electrons. The van der Waals surface area contributed by atoms with E-state index in [1.54, 1.807) is 17.5 Å². The van der Waals surface area contributed by atoms with E-state index < -0.39 is 19.9 Å². The van der Waals surface area contributed by atoms with Crippen molar-refractivity contribution in [3.8, 4) is 0 Å². The molecule has 4 rings (SSSR count). The minimum absolute atomic E-state index is 0.0152. The molecule has 0 radical (unpaired) electrons. The molecule has 1 aliphatic carbocycles. The van der Waals surface area contributed by atoms with Crippen LogP contribution in [0, 0.1) is 0 Å². The second-order valence-electron chi connectivity index (χ2n) is 8.41. The Morgan fingerprint density at radius 2 is 1.80 bits per heavy atom. The predicted molar refractivity (Wildman–Crippen MR) is 116 cm³/mol. The second-order valence-corrected chi connectivity index (χ2v) is 13.7. The first-order chi connectivity index (χ1) is 14.3. The maximum atomic E-state index is 13.2. The summed E-state index contributed by atoms with van der Waals surface area (Å²) in [5.41, 5.74) is 0. The van der Waals surface area contributed by atoms with Gasteiger partial charge in [-0.25, -0.2) is 16.8 Å². The quantitative estimate of drug-likeness (QED) is 0.610. The van der Waals surface area contributed by atoms with Crippen molar-refractivity contribution in [2.24, 2.45) is 0 Å². The first kappa shape index (κ1) is 22.2. The number of rotatable bonds is 6. The van der Waals surface area contributed by atoms with Crippen LogP contribution >= 0.6 is 11.3 Å². The number of piperazine rings is 1. The van der Waals surface area contributed by atoms with Crippen LogP contribution in [0.1, 0.15) is 32.1 Å². The molecule has 1 aromatic heterocycles. The zero-order valence-corrected chi connectivity index (χ0v) is 19.4. The summed E-state index contributed by atoms with van der Waals surface area (Å²) in [4.78, 5) is 17.1. The van der Waals surface area contributed by atoms with E-state index in [9.17, 15) is 21.6 Å². The zero-order chi connectivity index (χ0) is 21.4. The van der Waals surface area contributed by atoms with Crippen LogP contribution < -0.4 is 0 Å². The van der Waals surface area contributed by atoms with Crippen LogP contribution in [0.3, 0.4) is 0 Å². The molecule has 8 nitrogen and oxygen atoms in total. The highest BCUT2D eigenvalue weighted by Gasteiger charge is 2.39. The molecular weight excluding hydrogens is 446 g/mol. The Hall–Kier alpha value is -1.01. The lowest BCUT2D eigenvalue weighted by molar-refractivity contribution is -0.137. The number of sulfonamides is 1. The lowest BCUT2D eigenvalue weighted by Gasteiger charge is -2.38. The first-order valence-corrected chi connectivity index (χ1v) is 14.7. The third-order valence-corrected chi connectivity index (χ3v) is 11.4. The Morgan fingerprint density at radius 3 is 2.37 bits per heavy atom. The third kappa shape index (κ3) is 4.74. The maximum Gasteiger partial charge on any atom is 0.252 e. The van der Waals surface area contributed by atoms with Gasteiger partial charge in [-0.05, 0) is 30.7 Å². The summed E-state index contributed by atoms with van der Waals surface area (Å²) in [5, 5.41) is 1.75. The average molecular weight is 476 g/mol. The number of hydrogen-bond donors (Lipinski definition) is 0. The maximum absolute atomic E-state index is 13.2. The third-order valence-electron chi connectivity index (χ3n) is 6.39. The SMILES string of the molecule is O=C(CN1CCN(S(=O)(=O)c2cccs2)CC1)N(C1CCCC1)[C@H]1CCS(=O)(=O)C1. The Labute approximate surface area is 182 Å². The highest BCUT2D eigenvalue weighted by molar-refractivity contribution is 7.91. The number of carbonyl (C=O) groups excluding carboxylic acids is 1. The highest BCUT2D eigenvalue weighted by atomic mass is 32.2. The standard InChI is InChI=1S/C19H29N3O5S3/c23-18(22(16-4-1-2-5-16)17-7-13-29(24,25)15-17)14-20-8-10-21(11-9-20)30(26,27)19-6-3-12-28-19/h3,6,12,16-17H,1-2,4-5,7-11,13-15H2/t17-/m0/s1. The van der Waals surface area contributed by atoms with Crippen molar-refractivity contribution in [2.45, 2.75) is 48.4 Å². The van der Waals surface area contributed by atoms with Crippen LogP contribution in [0.5, 0.6) is 0 Å². The van der Waals surface area contributed by atoms with Crippen molar-refractivity contribution in [3.05, 3.63) is 17.5 Å². The van der Waals surface area contributed by atoms with Gasteiger partial charge in [-0.2, -0.15) is 4.31 Å². The molecule has 11 heteroatoms. The Bertz CT molecular complexity index is 948. The van der Waals surface area contributed by atoms with E-state index in [-0.39, 0.29) is 36.0 Å². The Balaban J connectivity index is 1.38. The van der Waals surface area contributed by atoms with Gasteiger partial charge in [0.2, 0.25) is 5.91 Å². The molecule has 2 saturated heterocycles. The first-order valence-electron chi connectivity index (χ1n) is 10.5. The van der Waals surface area contributed by atoms with Crippen molar-refractivity contribution in [2.75, 3.05) is 44.2 Å². The molecule has 3 aliphatic rings. The Morgan fingerprint density at radius 1 is 1.10 bits per heavy atom. The van der Waals surface area contributed by atoms with Crippen LogP contribution in [-0.2, 0) is 24.7 Å². The fourth-order valence-corrected chi connectivity index (χ4v) is 9.10. The van der Waals surface area contributed by atoms with Crippen molar-refractivity contribution >= 4 is 37.1 Å². The van der Waals surface area contributed by atoms with E-state index in [0.717, 1.165) is 25.7 Å². The fourth-order valence-electron chi connectivity index (χ4n) is 4.82. The molecular formula is C19H29N3O5S3. The van der Waals surface area contributed by atoms with E-state index in [4.69, 9.17) is 0 Å². The van der Waals surface area contributed by atoms with Crippen molar-refractivity contribution in [1.82, 2.24) is 14.1 Å². The number of amides is 1.